The van der Waals surface area contributed by atoms with E-state index in [0.717, 1.165) is 11.0 Å². The number of hydrogen-bond donors (Lipinski definition) is 1. The van der Waals surface area contributed by atoms with E-state index in [1.807, 2.05) is 18.2 Å². The molecular formula is C18H18ClN3O. The standard InChI is InChI=1S/C18H18ClN3O/c19-14-7-8-15-16(11-14)21-22(20-15)17-10-13(6-9-18(17)23)12-4-2-1-3-5-12/h6-12,23H,1-5H2. The van der Waals surface area contributed by atoms with E-state index >= 15 is 0 Å². The zero-order valence-electron chi connectivity index (χ0n) is 12.7. The van der Waals surface area contributed by atoms with E-state index in [0.29, 0.717) is 16.6 Å². The Morgan fingerprint density at radius 1 is 0.957 bits per heavy atom. The third kappa shape index (κ3) is 2.79. The third-order valence-corrected chi connectivity index (χ3v) is 4.87. The normalized spacial score (nSPS) is 16.0. The molecule has 0 atom stereocenters. The van der Waals surface area contributed by atoms with Crippen LogP contribution in [0.25, 0.3) is 16.7 Å². The van der Waals surface area contributed by atoms with Crippen LogP contribution in [0.5, 0.6) is 5.75 Å². The van der Waals surface area contributed by atoms with Crippen molar-refractivity contribution in [2.75, 3.05) is 0 Å². The topological polar surface area (TPSA) is 50.9 Å². The minimum atomic E-state index is 0.191. The zero-order valence-corrected chi connectivity index (χ0v) is 13.5. The highest BCUT2D eigenvalue weighted by Crippen LogP contribution is 2.35. The maximum Gasteiger partial charge on any atom is 0.143 e. The molecule has 1 aliphatic carbocycles. The SMILES string of the molecule is Oc1ccc(C2CCCCC2)cc1-n1nc2ccc(Cl)cc2n1. The molecule has 1 saturated carbocycles. The van der Waals surface area contributed by atoms with Gasteiger partial charge >= 0.3 is 0 Å². The minimum Gasteiger partial charge on any atom is -0.506 e. The van der Waals surface area contributed by atoms with Crippen molar-refractivity contribution in [2.45, 2.75) is 38.0 Å². The molecule has 0 radical (unpaired) electrons. The molecule has 118 valence electrons. The van der Waals surface area contributed by atoms with Crippen LogP contribution in [0.3, 0.4) is 0 Å². The number of nitrogens with zero attached hydrogens (tertiary/aromatic N) is 3. The van der Waals surface area contributed by atoms with Gasteiger partial charge in [-0.3, -0.25) is 0 Å². The summed E-state index contributed by atoms with van der Waals surface area (Å²) in [5.74, 6) is 0.762. The number of benzene rings is 2. The number of halogens is 1. The molecule has 5 heteroatoms. The molecule has 0 aliphatic heterocycles. The smallest absolute Gasteiger partial charge is 0.143 e. The number of hydrogen-bond acceptors (Lipinski definition) is 3. The molecule has 0 unspecified atom stereocenters. The van der Waals surface area contributed by atoms with Crippen molar-refractivity contribution in [3.8, 4) is 11.4 Å². The van der Waals surface area contributed by atoms with Gasteiger partial charge in [0, 0.05) is 5.02 Å². The Bertz CT molecular complexity index is 853. The molecule has 2 aromatic carbocycles. The highest BCUT2D eigenvalue weighted by molar-refractivity contribution is 6.31. The van der Waals surface area contributed by atoms with Crippen LogP contribution in [0, 0.1) is 0 Å². The summed E-state index contributed by atoms with van der Waals surface area (Å²) in [7, 11) is 0. The van der Waals surface area contributed by atoms with Gasteiger partial charge in [-0.1, -0.05) is 36.9 Å². The lowest BCUT2D eigenvalue weighted by molar-refractivity contribution is 0.440. The quantitative estimate of drug-likeness (QED) is 0.733. The number of rotatable bonds is 2. The lowest BCUT2D eigenvalue weighted by Gasteiger charge is -2.22. The fourth-order valence-electron chi connectivity index (χ4n) is 3.39. The number of phenolic OH excluding ortho intramolecular Hbond substituents is 1. The summed E-state index contributed by atoms with van der Waals surface area (Å²) in [6.45, 7) is 0. The molecule has 4 nitrogen and oxygen atoms in total. The Morgan fingerprint density at radius 3 is 2.57 bits per heavy atom. The zero-order chi connectivity index (χ0) is 15.8. The maximum atomic E-state index is 10.2. The summed E-state index contributed by atoms with van der Waals surface area (Å²) in [5.41, 5.74) is 3.37. The fraction of sp³-hybridized carbons (Fsp3) is 0.333. The Hall–Kier alpha value is -2.07. The largest absolute Gasteiger partial charge is 0.506 e. The molecule has 1 heterocycles. The predicted molar refractivity (Wildman–Crippen MR) is 91.4 cm³/mol. The molecule has 1 aromatic heterocycles. The van der Waals surface area contributed by atoms with Gasteiger partial charge < -0.3 is 5.11 Å². The highest BCUT2D eigenvalue weighted by Gasteiger charge is 2.18. The van der Waals surface area contributed by atoms with E-state index in [1.54, 1.807) is 18.2 Å². The van der Waals surface area contributed by atoms with Crippen molar-refractivity contribution in [2.24, 2.45) is 0 Å². The van der Waals surface area contributed by atoms with Crippen molar-refractivity contribution in [3.05, 3.63) is 47.0 Å². The second-order valence-electron chi connectivity index (χ2n) is 6.21. The van der Waals surface area contributed by atoms with Crippen LogP contribution >= 0.6 is 11.6 Å². The lowest BCUT2D eigenvalue weighted by atomic mass is 9.84. The molecule has 23 heavy (non-hydrogen) atoms. The molecule has 3 aromatic rings. The van der Waals surface area contributed by atoms with E-state index in [-0.39, 0.29) is 5.75 Å². The maximum absolute atomic E-state index is 10.2. The molecule has 1 N–H and O–H groups in total. The monoisotopic (exact) mass is 327 g/mol. The number of fused-ring (bicyclic) bond motifs is 1. The number of aromatic nitrogens is 3. The van der Waals surface area contributed by atoms with Crippen molar-refractivity contribution in [1.82, 2.24) is 15.0 Å². The number of aromatic hydroxyl groups is 1. The third-order valence-electron chi connectivity index (χ3n) is 4.63. The summed E-state index contributed by atoms with van der Waals surface area (Å²) in [4.78, 5) is 1.50. The Kier molecular flexibility index (Phi) is 3.69. The van der Waals surface area contributed by atoms with E-state index in [1.165, 1.54) is 42.5 Å². The van der Waals surface area contributed by atoms with Gasteiger partial charge in [0.2, 0.25) is 0 Å². The Balaban J connectivity index is 1.76. The van der Waals surface area contributed by atoms with Gasteiger partial charge in [0.15, 0.2) is 0 Å². The molecule has 0 amide bonds. The van der Waals surface area contributed by atoms with Crippen molar-refractivity contribution >= 4 is 22.6 Å². The minimum absolute atomic E-state index is 0.191. The van der Waals surface area contributed by atoms with E-state index in [2.05, 4.69) is 10.2 Å². The van der Waals surface area contributed by atoms with Crippen molar-refractivity contribution in [1.29, 1.82) is 0 Å². The van der Waals surface area contributed by atoms with E-state index in [9.17, 15) is 5.11 Å². The van der Waals surface area contributed by atoms with Gasteiger partial charge in [0.25, 0.3) is 0 Å². The van der Waals surface area contributed by atoms with Gasteiger partial charge in [0.1, 0.15) is 22.5 Å². The fourth-order valence-corrected chi connectivity index (χ4v) is 3.55. The highest BCUT2D eigenvalue weighted by atomic mass is 35.5. The van der Waals surface area contributed by atoms with Gasteiger partial charge in [-0.25, -0.2) is 0 Å². The summed E-state index contributed by atoms with van der Waals surface area (Å²) in [6.07, 6.45) is 6.32. The van der Waals surface area contributed by atoms with Crippen LogP contribution in [0.4, 0.5) is 0 Å². The molecular weight excluding hydrogens is 310 g/mol. The van der Waals surface area contributed by atoms with Crippen LogP contribution < -0.4 is 0 Å². The van der Waals surface area contributed by atoms with Crippen molar-refractivity contribution < 1.29 is 5.11 Å². The van der Waals surface area contributed by atoms with Crippen LogP contribution in [-0.4, -0.2) is 20.1 Å². The Morgan fingerprint density at radius 2 is 1.74 bits per heavy atom. The molecule has 1 fully saturated rings. The molecule has 4 rings (SSSR count). The number of phenols is 1. The summed E-state index contributed by atoms with van der Waals surface area (Å²) >= 11 is 6.01. The Labute approximate surface area is 139 Å². The first-order chi connectivity index (χ1) is 11.2. The van der Waals surface area contributed by atoms with Crippen LogP contribution in [0.2, 0.25) is 5.02 Å². The average molecular weight is 328 g/mol. The first-order valence-electron chi connectivity index (χ1n) is 8.06. The second kappa shape index (κ2) is 5.85. The first-order valence-corrected chi connectivity index (χ1v) is 8.44. The van der Waals surface area contributed by atoms with Gasteiger partial charge in [-0.15, -0.1) is 15.0 Å². The van der Waals surface area contributed by atoms with Gasteiger partial charge in [-0.2, -0.15) is 0 Å². The van der Waals surface area contributed by atoms with Crippen LogP contribution in [0.1, 0.15) is 43.6 Å². The summed E-state index contributed by atoms with van der Waals surface area (Å²) in [5, 5.41) is 19.8. The second-order valence-corrected chi connectivity index (χ2v) is 6.64. The van der Waals surface area contributed by atoms with Crippen LogP contribution in [0.15, 0.2) is 36.4 Å². The molecule has 1 aliphatic rings. The first kappa shape index (κ1) is 14.5. The lowest BCUT2D eigenvalue weighted by Crippen LogP contribution is -2.06. The molecule has 0 bridgehead atoms. The van der Waals surface area contributed by atoms with Crippen molar-refractivity contribution in [3.63, 3.8) is 0 Å². The molecule has 0 saturated heterocycles. The van der Waals surface area contributed by atoms with E-state index < -0.39 is 0 Å². The molecule has 0 spiro atoms. The average Bonchev–Trinajstić information content (AvgIpc) is 2.99. The summed E-state index contributed by atoms with van der Waals surface area (Å²) in [6, 6.07) is 11.2. The summed E-state index contributed by atoms with van der Waals surface area (Å²) < 4.78 is 0. The van der Waals surface area contributed by atoms with Crippen LogP contribution in [-0.2, 0) is 0 Å². The van der Waals surface area contributed by atoms with Gasteiger partial charge in [0.05, 0.1) is 0 Å². The predicted octanol–water partition coefficient (Wildman–Crippen LogP) is 4.83. The van der Waals surface area contributed by atoms with Gasteiger partial charge in [-0.05, 0) is 54.7 Å². The van der Waals surface area contributed by atoms with E-state index in [4.69, 9.17) is 11.6 Å².